The lowest BCUT2D eigenvalue weighted by atomic mass is 9.49. The quantitative estimate of drug-likeness (QED) is 0.847. The smallest absolute Gasteiger partial charge is 0.174 e. The van der Waals surface area contributed by atoms with E-state index < -0.39 is 17.1 Å². The molecule has 0 radical (unpaired) electrons. The molecule has 4 aliphatic rings. The van der Waals surface area contributed by atoms with Gasteiger partial charge in [0.2, 0.25) is 0 Å². The maximum atomic E-state index is 12.8. The molecule has 2 heterocycles. The molecule has 1 spiro atoms. The highest BCUT2D eigenvalue weighted by Crippen LogP contribution is 2.64. The minimum absolute atomic E-state index is 0.00899. The molecule has 2 fully saturated rings. The number of piperidine rings is 1. The molecule has 2 bridgehead atoms. The van der Waals surface area contributed by atoms with E-state index in [-0.39, 0.29) is 11.8 Å². The molecule has 5 heteroatoms. The van der Waals surface area contributed by atoms with Gasteiger partial charge >= 0.3 is 0 Å². The van der Waals surface area contributed by atoms with Crippen LogP contribution in [0.25, 0.3) is 0 Å². The zero-order valence-corrected chi connectivity index (χ0v) is 14.5. The van der Waals surface area contributed by atoms with Crippen LogP contribution in [0.1, 0.15) is 30.4 Å². The minimum atomic E-state index is -0.947. The van der Waals surface area contributed by atoms with Crippen molar-refractivity contribution in [1.29, 1.82) is 0 Å². The van der Waals surface area contributed by atoms with Crippen molar-refractivity contribution in [3.63, 3.8) is 0 Å². The molecule has 0 amide bonds. The molecule has 2 unspecified atom stereocenters. The highest BCUT2D eigenvalue weighted by molar-refractivity contribution is 5.90. The van der Waals surface area contributed by atoms with Crippen LogP contribution in [0.2, 0.25) is 0 Å². The lowest BCUT2D eigenvalue weighted by Gasteiger charge is -2.62. The second kappa shape index (κ2) is 4.86. The number of carbonyl (C=O) groups excluding carboxylic acids is 1. The van der Waals surface area contributed by atoms with Crippen LogP contribution in [-0.2, 0) is 16.6 Å². The third-order valence-corrected chi connectivity index (χ3v) is 6.94. The average molecular weight is 341 g/mol. The number of rotatable bonds is 3. The molecule has 1 saturated carbocycles. The van der Waals surface area contributed by atoms with Gasteiger partial charge in [-0.1, -0.05) is 12.1 Å². The van der Waals surface area contributed by atoms with Crippen molar-refractivity contribution in [2.45, 2.75) is 48.8 Å². The van der Waals surface area contributed by atoms with Crippen molar-refractivity contribution in [2.75, 3.05) is 20.2 Å². The van der Waals surface area contributed by atoms with E-state index >= 15 is 0 Å². The monoisotopic (exact) mass is 341 g/mol. The van der Waals surface area contributed by atoms with E-state index in [4.69, 9.17) is 9.47 Å². The van der Waals surface area contributed by atoms with E-state index in [9.17, 15) is 9.90 Å². The number of benzene rings is 1. The van der Waals surface area contributed by atoms with Gasteiger partial charge in [0, 0.05) is 31.1 Å². The molecular formula is C20H23NO4. The Balaban J connectivity index is 1.79. The Morgan fingerprint density at radius 2 is 2.32 bits per heavy atom. The van der Waals surface area contributed by atoms with Gasteiger partial charge in [0.05, 0.1) is 18.1 Å². The Morgan fingerprint density at radius 1 is 1.48 bits per heavy atom. The van der Waals surface area contributed by atoms with Crippen molar-refractivity contribution in [3.05, 3.63) is 35.9 Å². The molecule has 4 atom stereocenters. The van der Waals surface area contributed by atoms with E-state index in [2.05, 4.69) is 17.5 Å². The van der Waals surface area contributed by atoms with Crippen LogP contribution in [0.4, 0.5) is 0 Å². The second-order valence-electron chi connectivity index (χ2n) is 7.74. The average Bonchev–Trinajstić information content (AvgIpc) is 2.96. The fourth-order valence-electron chi connectivity index (χ4n) is 5.95. The van der Waals surface area contributed by atoms with Crippen LogP contribution in [0.15, 0.2) is 24.8 Å². The first-order valence-corrected chi connectivity index (χ1v) is 9.04. The van der Waals surface area contributed by atoms with Crippen LogP contribution in [0.3, 0.4) is 0 Å². The SMILES string of the molecule is C=CCN1CC[C@]23c4c5ccc(OC)c4OC2C(=O)CCC3(O)[C@H]1C5. The Labute approximate surface area is 147 Å². The summed E-state index contributed by atoms with van der Waals surface area (Å²) in [7, 11) is 1.62. The molecule has 1 N–H and O–H groups in total. The Kier molecular flexibility index (Phi) is 3.00. The Bertz CT molecular complexity index is 790. The molecular weight excluding hydrogens is 318 g/mol. The maximum absolute atomic E-state index is 12.8. The van der Waals surface area contributed by atoms with Gasteiger partial charge in [-0.25, -0.2) is 0 Å². The predicted molar refractivity (Wildman–Crippen MR) is 92.2 cm³/mol. The number of ketones is 1. The lowest BCUT2D eigenvalue weighted by Crippen LogP contribution is -2.76. The zero-order valence-electron chi connectivity index (χ0n) is 14.5. The molecule has 5 rings (SSSR count). The third-order valence-electron chi connectivity index (χ3n) is 6.94. The molecule has 1 aromatic rings. The van der Waals surface area contributed by atoms with Gasteiger partial charge in [-0.05, 0) is 30.9 Å². The lowest BCUT2D eigenvalue weighted by molar-refractivity contribution is -0.187. The van der Waals surface area contributed by atoms with Crippen molar-refractivity contribution in [3.8, 4) is 11.5 Å². The molecule has 0 aromatic heterocycles. The summed E-state index contributed by atoms with van der Waals surface area (Å²) in [6, 6.07) is 3.99. The fourth-order valence-corrected chi connectivity index (χ4v) is 5.95. The fraction of sp³-hybridized carbons (Fsp3) is 0.550. The zero-order chi connectivity index (χ0) is 17.4. The first kappa shape index (κ1) is 15.4. The van der Waals surface area contributed by atoms with Gasteiger partial charge in [-0.2, -0.15) is 0 Å². The van der Waals surface area contributed by atoms with Crippen LogP contribution in [0.5, 0.6) is 11.5 Å². The van der Waals surface area contributed by atoms with Gasteiger partial charge < -0.3 is 14.6 Å². The number of hydrogen-bond acceptors (Lipinski definition) is 5. The molecule has 5 nitrogen and oxygen atoms in total. The van der Waals surface area contributed by atoms with Gasteiger partial charge in [0.25, 0.3) is 0 Å². The number of hydrogen-bond donors (Lipinski definition) is 1. The topological polar surface area (TPSA) is 59.0 Å². The summed E-state index contributed by atoms with van der Waals surface area (Å²) < 4.78 is 11.7. The number of nitrogens with zero attached hydrogens (tertiary/aromatic N) is 1. The summed E-state index contributed by atoms with van der Waals surface area (Å²) in [5.74, 6) is 1.44. The predicted octanol–water partition coefficient (Wildman–Crippen LogP) is 1.60. The highest BCUT2D eigenvalue weighted by Gasteiger charge is 2.73. The van der Waals surface area contributed by atoms with Gasteiger partial charge in [0.1, 0.15) is 0 Å². The summed E-state index contributed by atoms with van der Waals surface area (Å²) in [5.41, 5.74) is 0.623. The summed E-state index contributed by atoms with van der Waals surface area (Å²) in [6.45, 7) is 5.46. The van der Waals surface area contributed by atoms with Gasteiger partial charge in [-0.3, -0.25) is 9.69 Å². The Morgan fingerprint density at radius 3 is 3.08 bits per heavy atom. The first-order valence-electron chi connectivity index (χ1n) is 9.04. The van der Waals surface area contributed by atoms with E-state index in [1.165, 1.54) is 5.56 Å². The number of likely N-dealkylation sites (tertiary alicyclic amines) is 1. The van der Waals surface area contributed by atoms with Crippen LogP contribution < -0.4 is 9.47 Å². The van der Waals surface area contributed by atoms with E-state index in [0.29, 0.717) is 24.3 Å². The second-order valence-corrected chi connectivity index (χ2v) is 7.74. The van der Waals surface area contributed by atoms with E-state index in [1.807, 2.05) is 12.1 Å². The van der Waals surface area contributed by atoms with Crippen molar-refractivity contribution < 1.29 is 19.4 Å². The minimum Gasteiger partial charge on any atom is -0.493 e. The first-order chi connectivity index (χ1) is 12.1. The number of Topliss-reactive ketones (excluding diaryl/α,β-unsaturated/α-hetero) is 1. The summed E-state index contributed by atoms with van der Waals surface area (Å²) in [6.07, 6.45) is 3.66. The maximum Gasteiger partial charge on any atom is 0.174 e. The van der Waals surface area contributed by atoms with Crippen molar-refractivity contribution >= 4 is 5.78 Å². The number of ether oxygens (including phenoxy) is 2. The largest absolute Gasteiger partial charge is 0.493 e. The van der Waals surface area contributed by atoms with Crippen molar-refractivity contribution in [2.24, 2.45) is 0 Å². The Hall–Kier alpha value is -1.85. The molecule has 1 aromatic carbocycles. The normalized spacial score (nSPS) is 38.1. The van der Waals surface area contributed by atoms with Gasteiger partial charge in [0.15, 0.2) is 23.4 Å². The summed E-state index contributed by atoms with van der Waals surface area (Å²) in [5, 5.41) is 11.9. The van der Waals surface area contributed by atoms with Gasteiger partial charge in [-0.15, -0.1) is 6.58 Å². The number of aliphatic hydroxyl groups is 1. The van der Waals surface area contributed by atoms with E-state index in [0.717, 1.165) is 31.5 Å². The molecule has 2 aliphatic carbocycles. The highest BCUT2D eigenvalue weighted by atomic mass is 16.5. The third kappa shape index (κ3) is 1.59. The van der Waals surface area contributed by atoms with Crippen LogP contribution in [0, 0.1) is 0 Å². The standard InChI is InChI=1S/C20H23NO4/c1-3-9-21-10-8-19-16-12-4-5-14(24-2)17(16)25-18(19)13(22)6-7-20(19,23)15(21)11-12/h3-5,15,18,23H,1,6-11H2,2H3/t15-,18?,19+,20?/m1/s1. The van der Waals surface area contributed by atoms with Crippen LogP contribution in [-0.4, -0.2) is 53.7 Å². The molecule has 25 heavy (non-hydrogen) atoms. The van der Waals surface area contributed by atoms with Crippen molar-refractivity contribution in [1.82, 2.24) is 4.90 Å². The van der Waals surface area contributed by atoms with E-state index in [1.54, 1.807) is 7.11 Å². The molecule has 1 saturated heterocycles. The molecule has 132 valence electrons. The number of carbonyl (C=O) groups is 1. The number of methoxy groups -OCH3 is 1. The summed E-state index contributed by atoms with van der Waals surface area (Å²) in [4.78, 5) is 15.1. The van der Waals surface area contributed by atoms with Crippen LogP contribution >= 0.6 is 0 Å². The molecule has 2 aliphatic heterocycles. The summed E-state index contributed by atoms with van der Waals surface area (Å²) >= 11 is 0.